The summed E-state index contributed by atoms with van der Waals surface area (Å²) in [6.45, 7) is -0.0766. The minimum Gasteiger partial charge on any atom is -0.497 e. The molecule has 0 aliphatic carbocycles. The van der Waals surface area contributed by atoms with Crippen LogP contribution in [-0.2, 0) is 16.6 Å². The van der Waals surface area contributed by atoms with Gasteiger partial charge >= 0.3 is 0 Å². The number of hydrogen-bond donors (Lipinski definition) is 0. The molecule has 30 heavy (non-hydrogen) atoms. The minimum atomic E-state index is -4.01. The molecule has 6 nitrogen and oxygen atoms in total. The van der Waals surface area contributed by atoms with Gasteiger partial charge in [0, 0.05) is 12.1 Å². The van der Waals surface area contributed by atoms with Gasteiger partial charge in [0.25, 0.3) is 10.0 Å². The van der Waals surface area contributed by atoms with Gasteiger partial charge in [0.15, 0.2) is 11.5 Å². The third kappa shape index (κ3) is 4.49. The molecule has 0 spiro atoms. The lowest BCUT2D eigenvalue weighted by Crippen LogP contribution is -2.30. The van der Waals surface area contributed by atoms with Gasteiger partial charge in [-0.3, -0.25) is 4.31 Å². The molecule has 0 unspecified atom stereocenters. The Morgan fingerprint density at radius 1 is 0.833 bits per heavy atom. The summed E-state index contributed by atoms with van der Waals surface area (Å²) in [4.78, 5) is 0.0491. The monoisotopic (exact) mass is 431 g/mol. The highest BCUT2D eigenvalue weighted by atomic mass is 32.2. The zero-order valence-corrected chi connectivity index (χ0v) is 17.6. The van der Waals surface area contributed by atoms with E-state index < -0.39 is 15.8 Å². The van der Waals surface area contributed by atoms with Gasteiger partial charge in [-0.25, -0.2) is 12.8 Å². The van der Waals surface area contributed by atoms with Gasteiger partial charge in [0.05, 0.1) is 38.5 Å². The highest BCUT2D eigenvalue weighted by Gasteiger charge is 2.27. The molecule has 8 heteroatoms. The van der Waals surface area contributed by atoms with Crippen molar-refractivity contribution >= 4 is 15.7 Å². The molecule has 0 bridgehead atoms. The molecule has 0 fully saturated rings. The van der Waals surface area contributed by atoms with Crippen LogP contribution in [-0.4, -0.2) is 29.7 Å². The number of ether oxygens (including phenoxy) is 3. The molecular weight excluding hydrogens is 409 g/mol. The van der Waals surface area contributed by atoms with E-state index in [-0.39, 0.29) is 11.4 Å². The molecule has 0 saturated carbocycles. The second-order valence-electron chi connectivity index (χ2n) is 6.36. The van der Waals surface area contributed by atoms with E-state index in [9.17, 15) is 12.8 Å². The zero-order valence-electron chi connectivity index (χ0n) is 16.8. The lowest BCUT2D eigenvalue weighted by molar-refractivity contribution is 0.355. The summed E-state index contributed by atoms with van der Waals surface area (Å²) in [5, 5.41) is 0. The Hall–Kier alpha value is -3.26. The SMILES string of the molecule is COc1cccc(S(=O)(=O)N(Cc2cccc(F)c2)c2ccc(OC)c(OC)c2)c1. The quantitative estimate of drug-likeness (QED) is 0.534. The van der Waals surface area contributed by atoms with Crippen LogP contribution in [0.1, 0.15) is 5.56 Å². The highest BCUT2D eigenvalue weighted by molar-refractivity contribution is 7.92. The van der Waals surface area contributed by atoms with Crippen LogP contribution in [0.3, 0.4) is 0 Å². The Labute approximate surface area is 175 Å². The summed E-state index contributed by atoms with van der Waals surface area (Å²) >= 11 is 0. The van der Waals surface area contributed by atoms with Crippen LogP contribution >= 0.6 is 0 Å². The average molecular weight is 431 g/mol. The second kappa shape index (κ2) is 9.04. The van der Waals surface area contributed by atoms with Gasteiger partial charge in [0.2, 0.25) is 0 Å². The van der Waals surface area contributed by atoms with E-state index in [1.807, 2.05) is 0 Å². The van der Waals surface area contributed by atoms with Crippen molar-refractivity contribution < 1.29 is 27.0 Å². The fourth-order valence-electron chi connectivity index (χ4n) is 2.99. The summed E-state index contributed by atoms with van der Waals surface area (Å²) in [5.41, 5.74) is 0.844. The molecule has 3 rings (SSSR count). The highest BCUT2D eigenvalue weighted by Crippen LogP contribution is 2.35. The van der Waals surface area contributed by atoms with E-state index >= 15 is 0 Å². The maximum atomic E-state index is 13.7. The van der Waals surface area contributed by atoms with Crippen LogP contribution in [0.2, 0.25) is 0 Å². The van der Waals surface area contributed by atoms with E-state index in [1.165, 1.54) is 56.0 Å². The first-order chi connectivity index (χ1) is 14.4. The van der Waals surface area contributed by atoms with Gasteiger partial charge in [-0.05, 0) is 42.0 Å². The van der Waals surface area contributed by atoms with Gasteiger partial charge < -0.3 is 14.2 Å². The predicted octanol–water partition coefficient (Wildman–Crippen LogP) is 4.25. The molecule has 158 valence electrons. The Morgan fingerprint density at radius 2 is 1.57 bits per heavy atom. The van der Waals surface area contributed by atoms with Gasteiger partial charge in [-0.1, -0.05) is 18.2 Å². The number of halogens is 1. The van der Waals surface area contributed by atoms with Crippen LogP contribution in [0, 0.1) is 5.82 Å². The second-order valence-corrected chi connectivity index (χ2v) is 8.22. The molecule has 0 saturated heterocycles. The van der Waals surface area contributed by atoms with Crippen LogP contribution in [0.25, 0.3) is 0 Å². The standard InChI is InChI=1S/C22H22FNO5S/c1-27-19-8-5-9-20(14-19)30(25,26)24(15-16-6-4-7-17(23)12-16)18-10-11-21(28-2)22(13-18)29-3/h4-14H,15H2,1-3H3. The number of rotatable bonds is 8. The molecule has 3 aromatic rings. The largest absolute Gasteiger partial charge is 0.497 e. The Balaban J connectivity index is 2.14. The van der Waals surface area contributed by atoms with Crippen LogP contribution in [0.5, 0.6) is 17.2 Å². The molecule has 3 aromatic carbocycles. The van der Waals surface area contributed by atoms with Crippen molar-refractivity contribution in [1.29, 1.82) is 0 Å². The van der Waals surface area contributed by atoms with E-state index in [4.69, 9.17) is 14.2 Å². The van der Waals surface area contributed by atoms with E-state index in [1.54, 1.807) is 36.4 Å². The van der Waals surface area contributed by atoms with Crippen molar-refractivity contribution in [2.75, 3.05) is 25.6 Å². The normalized spacial score (nSPS) is 11.1. The average Bonchev–Trinajstić information content (AvgIpc) is 2.77. The summed E-state index contributed by atoms with van der Waals surface area (Å²) in [6, 6.07) is 16.8. The number of nitrogens with zero attached hydrogens (tertiary/aromatic N) is 1. The first kappa shape index (κ1) is 21.4. The Kier molecular flexibility index (Phi) is 6.47. The summed E-state index contributed by atoms with van der Waals surface area (Å²) in [7, 11) is 0.418. The summed E-state index contributed by atoms with van der Waals surface area (Å²) < 4.78 is 57.8. The van der Waals surface area contributed by atoms with Crippen molar-refractivity contribution in [1.82, 2.24) is 0 Å². The van der Waals surface area contributed by atoms with Gasteiger partial charge in [-0.15, -0.1) is 0 Å². The number of sulfonamides is 1. The summed E-state index contributed by atoms with van der Waals surface area (Å²) in [5.74, 6) is 0.804. The first-order valence-corrected chi connectivity index (χ1v) is 10.5. The van der Waals surface area contributed by atoms with Crippen molar-refractivity contribution in [3.8, 4) is 17.2 Å². The van der Waals surface area contributed by atoms with E-state index in [0.717, 1.165) is 0 Å². The Bertz CT molecular complexity index is 1130. The lowest BCUT2D eigenvalue weighted by Gasteiger charge is -2.25. The van der Waals surface area contributed by atoms with Crippen molar-refractivity contribution in [2.45, 2.75) is 11.4 Å². The number of hydrogen-bond acceptors (Lipinski definition) is 5. The third-order valence-corrected chi connectivity index (χ3v) is 6.27. The first-order valence-electron chi connectivity index (χ1n) is 9.02. The molecule has 0 amide bonds. The van der Waals surface area contributed by atoms with Crippen molar-refractivity contribution in [2.24, 2.45) is 0 Å². The minimum absolute atomic E-state index is 0.0491. The molecule has 0 aliphatic heterocycles. The molecular formula is C22H22FNO5S. The van der Waals surface area contributed by atoms with Crippen molar-refractivity contribution in [3.63, 3.8) is 0 Å². The molecule has 0 heterocycles. The molecule has 0 radical (unpaired) electrons. The molecule has 0 aliphatic rings. The number of methoxy groups -OCH3 is 3. The maximum absolute atomic E-state index is 13.7. The number of benzene rings is 3. The fourth-order valence-corrected chi connectivity index (χ4v) is 4.47. The summed E-state index contributed by atoms with van der Waals surface area (Å²) in [6.07, 6.45) is 0. The number of anilines is 1. The Morgan fingerprint density at radius 3 is 2.23 bits per heavy atom. The maximum Gasteiger partial charge on any atom is 0.264 e. The van der Waals surface area contributed by atoms with Crippen LogP contribution < -0.4 is 18.5 Å². The zero-order chi connectivity index (χ0) is 21.7. The van der Waals surface area contributed by atoms with E-state index in [0.29, 0.717) is 28.5 Å². The molecule has 0 atom stereocenters. The molecule has 0 N–H and O–H groups in total. The smallest absolute Gasteiger partial charge is 0.264 e. The topological polar surface area (TPSA) is 65.1 Å². The van der Waals surface area contributed by atoms with E-state index in [2.05, 4.69) is 0 Å². The van der Waals surface area contributed by atoms with Crippen LogP contribution in [0.4, 0.5) is 10.1 Å². The van der Waals surface area contributed by atoms with Crippen molar-refractivity contribution in [3.05, 3.63) is 78.1 Å². The van der Waals surface area contributed by atoms with Crippen LogP contribution in [0.15, 0.2) is 71.6 Å². The third-order valence-electron chi connectivity index (χ3n) is 4.50. The molecule has 0 aromatic heterocycles. The fraction of sp³-hybridized carbons (Fsp3) is 0.182. The van der Waals surface area contributed by atoms with Gasteiger partial charge in [0.1, 0.15) is 11.6 Å². The lowest BCUT2D eigenvalue weighted by atomic mass is 10.2. The predicted molar refractivity (Wildman–Crippen MR) is 112 cm³/mol. The van der Waals surface area contributed by atoms with Gasteiger partial charge in [-0.2, -0.15) is 0 Å².